The highest BCUT2D eigenvalue weighted by Crippen LogP contribution is 2.19. The molecule has 0 spiro atoms. The van der Waals surface area contributed by atoms with Gasteiger partial charge in [-0.05, 0) is 28.1 Å². The van der Waals surface area contributed by atoms with Crippen LogP contribution in [0.2, 0.25) is 0 Å². The van der Waals surface area contributed by atoms with E-state index in [0.717, 1.165) is 4.47 Å². The maximum Gasteiger partial charge on any atom is 0.255 e. The van der Waals surface area contributed by atoms with E-state index in [1.165, 1.54) is 28.8 Å². The van der Waals surface area contributed by atoms with Crippen LogP contribution in [0.1, 0.15) is 0 Å². The zero-order valence-corrected chi connectivity index (χ0v) is 8.15. The summed E-state index contributed by atoms with van der Waals surface area (Å²) in [5.74, 6) is 0.145. The molecule has 0 saturated carbocycles. The molecular formula is C9H6BrNO2. The predicted octanol–water partition coefficient (Wildman–Crippen LogP) is 1.77. The summed E-state index contributed by atoms with van der Waals surface area (Å²) in [5, 5.41) is 9.21. The van der Waals surface area contributed by atoms with Gasteiger partial charge in [0.05, 0.1) is 5.52 Å². The first-order valence-electron chi connectivity index (χ1n) is 3.68. The number of aromatic hydroxyl groups is 1. The van der Waals surface area contributed by atoms with Crippen molar-refractivity contribution in [2.75, 3.05) is 0 Å². The van der Waals surface area contributed by atoms with Crippen molar-refractivity contribution >= 4 is 21.4 Å². The zero-order valence-electron chi connectivity index (χ0n) is 6.57. The van der Waals surface area contributed by atoms with Crippen molar-refractivity contribution in [2.24, 2.45) is 0 Å². The summed E-state index contributed by atoms with van der Waals surface area (Å²) in [6, 6.07) is 6.14. The van der Waals surface area contributed by atoms with Crippen molar-refractivity contribution in [1.29, 1.82) is 0 Å². The van der Waals surface area contributed by atoms with Crippen LogP contribution in [0.5, 0.6) is 5.75 Å². The molecule has 0 unspecified atom stereocenters. The Labute approximate surface area is 82.4 Å². The highest BCUT2D eigenvalue weighted by Gasteiger charge is 2.00. The van der Waals surface area contributed by atoms with Crippen molar-refractivity contribution in [3.8, 4) is 5.75 Å². The minimum Gasteiger partial charge on any atom is -0.508 e. The molecule has 0 atom stereocenters. The van der Waals surface area contributed by atoms with E-state index < -0.39 is 0 Å². The molecule has 4 heteroatoms. The third kappa shape index (κ3) is 1.33. The molecule has 0 amide bonds. The van der Waals surface area contributed by atoms with Crippen LogP contribution >= 0.6 is 15.9 Å². The molecule has 0 radical (unpaired) electrons. The number of rotatable bonds is 0. The molecule has 0 fully saturated rings. The van der Waals surface area contributed by atoms with Crippen molar-refractivity contribution in [2.45, 2.75) is 0 Å². The minimum absolute atomic E-state index is 0.113. The van der Waals surface area contributed by atoms with E-state index in [-0.39, 0.29) is 11.3 Å². The van der Waals surface area contributed by atoms with E-state index in [1.807, 2.05) is 0 Å². The van der Waals surface area contributed by atoms with Crippen LogP contribution in [0.4, 0.5) is 0 Å². The van der Waals surface area contributed by atoms with Crippen LogP contribution in [0.15, 0.2) is 39.7 Å². The van der Waals surface area contributed by atoms with Gasteiger partial charge in [-0.1, -0.05) is 0 Å². The average Bonchev–Trinajstić information content (AvgIpc) is 2.12. The van der Waals surface area contributed by atoms with Gasteiger partial charge >= 0.3 is 0 Å². The van der Waals surface area contributed by atoms with Gasteiger partial charge in [0.2, 0.25) is 0 Å². The molecule has 1 N–H and O–H groups in total. The van der Waals surface area contributed by atoms with Crippen molar-refractivity contribution in [1.82, 2.24) is 4.40 Å². The fraction of sp³-hybridized carbons (Fsp3) is 0. The molecule has 0 aliphatic heterocycles. The second-order valence-corrected chi connectivity index (χ2v) is 3.51. The van der Waals surface area contributed by atoms with Crippen molar-refractivity contribution in [3.05, 3.63) is 45.3 Å². The Morgan fingerprint density at radius 1 is 1.31 bits per heavy atom. The average molecular weight is 240 g/mol. The Morgan fingerprint density at radius 3 is 2.85 bits per heavy atom. The summed E-state index contributed by atoms with van der Waals surface area (Å²) in [4.78, 5) is 11.3. The number of hydrogen-bond donors (Lipinski definition) is 1. The second-order valence-electron chi connectivity index (χ2n) is 2.66. The molecule has 0 aliphatic carbocycles. The van der Waals surface area contributed by atoms with E-state index in [4.69, 9.17) is 0 Å². The van der Waals surface area contributed by atoms with Crippen molar-refractivity contribution in [3.63, 3.8) is 0 Å². The van der Waals surface area contributed by atoms with Gasteiger partial charge in [0, 0.05) is 22.8 Å². The second kappa shape index (κ2) is 2.88. The molecule has 2 rings (SSSR count). The van der Waals surface area contributed by atoms with Gasteiger partial charge < -0.3 is 5.11 Å². The summed E-state index contributed by atoms with van der Waals surface area (Å²) >= 11 is 3.29. The summed E-state index contributed by atoms with van der Waals surface area (Å²) in [5.41, 5.74) is 0.547. The van der Waals surface area contributed by atoms with Gasteiger partial charge in [0.25, 0.3) is 5.56 Å². The number of hydrogen-bond acceptors (Lipinski definition) is 2. The van der Waals surface area contributed by atoms with E-state index >= 15 is 0 Å². The van der Waals surface area contributed by atoms with Crippen LogP contribution in [0.3, 0.4) is 0 Å². The SMILES string of the molecule is O=c1ccc(Br)c2cc(O)ccn12. The van der Waals surface area contributed by atoms with Crippen LogP contribution in [0, 0.1) is 0 Å². The van der Waals surface area contributed by atoms with Gasteiger partial charge in [0.15, 0.2) is 0 Å². The standard InChI is InChI=1S/C9H6BrNO2/c10-7-1-2-9(13)11-4-3-6(12)5-8(7)11/h1-5,12H. The van der Waals surface area contributed by atoms with E-state index in [1.54, 1.807) is 6.07 Å². The minimum atomic E-state index is -0.113. The van der Waals surface area contributed by atoms with Gasteiger partial charge in [-0.25, -0.2) is 0 Å². The zero-order chi connectivity index (χ0) is 9.42. The molecule has 0 bridgehead atoms. The molecule has 2 aromatic heterocycles. The topological polar surface area (TPSA) is 41.7 Å². The predicted molar refractivity (Wildman–Crippen MR) is 53.0 cm³/mol. The molecule has 0 saturated heterocycles. The third-order valence-corrected chi connectivity index (χ3v) is 2.46. The van der Waals surface area contributed by atoms with Crippen molar-refractivity contribution < 1.29 is 5.11 Å². The van der Waals surface area contributed by atoms with Crippen LogP contribution in [0.25, 0.3) is 5.52 Å². The summed E-state index contributed by atoms with van der Waals surface area (Å²) < 4.78 is 2.24. The first-order valence-corrected chi connectivity index (χ1v) is 4.48. The Morgan fingerprint density at radius 2 is 2.08 bits per heavy atom. The van der Waals surface area contributed by atoms with Gasteiger partial charge in [-0.15, -0.1) is 0 Å². The number of aromatic nitrogens is 1. The maximum atomic E-state index is 11.3. The lowest BCUT2D eigenvalue weighted by molar-refractivity contribution is 0.475. The van der Waals surface area contributed by atoms with Gasteiger partial charge in [-0.2, -0.15) is 0 Å². The maximum absolute atomic E-state index is 11.3. The fourth-order valence-electron chi connectivity index (χ4n) is 1.18. The number of fused-ring (bicyclic) bond motifs is 1. The molecule has 2 heterocycles. The first kappa shape index (κ1) is 8.31. The summed E-state index contributed by atoms with van der Waals surface area (Å²) in [6.07, 6.45) is 1.54. The van der Waals surface area contributed by atoms with E-state index in [2.05, 4.69) is 15.9 Å². The largest absolute Gasteiger partial charge is 0.508 e. The van der Waals surface area contributed by atoms with Gasteiger partial charge in [-0.3, -0.25) is 9.20 Å². The quantitative estimate of drug-likeness (QED) is 0.762. The lowest BCUT2D eigenvalue weighted by atomic mass is 10.3. The molecule has 2 aromatic rings. The Hall–Kier alpha value is -1.29. The Bertz CT molecular complexity index is 518. The highest BCUT2D eigenvalue weighted by atomic mass is 79.9. The molecule has 13 heavy (non-hydrogen) atoms. The van der Waals surface area contributed by atoms with Crippen LogP contribution in [-0.4, -0.2) is 9.51 Å². The molecule has 0 aliphatic rings. The van der Waals surface area contributed by atoms with Crippen LogP contribution < -0.4 is 5.56 Å². The molecule has 66 valence electrons. The number of nitrogens with zero attached hydrogens (tertiary/aromatic N) is 1. The number of halogens is 1. The molecule has 0 aromatic carbocycles. The van der Waals surface area contributed by atoms with Gasteiger partial charge in [0.1, 0.15) is 5.75 Å². The Balaban J connectivity index is 3.01. The van der Waals surface area contributed by atoms with E-state index in [0.29, 0.717) is 5.52 Å². The monoisotopic (exact) mass is 239 g/mol. The highest BCUT2D eigenvalue weighted by molar-refractivity contribution is 9.10. The van der Waals surface area contributed by atoms with Crippen LogP contribution in [-0.2, 0) is 0 Å². The summed E-state index contributed by atoms with van der Waals surface area (Å²) in [7, 11) is 0. The smallest absolute Gasteiger partial charge is 0.255 e. The summed E-state index contributed by atoms with van der Waals surface area (Å²) in [6.45, 7) is 0. The lowest BCUT2D eigenvalue weighted by Crippen LogP contribution is -2.10. The van der Waals surface area contributed by atoms with E-state index in [9.17, 15) is 9.90 Å². The molecular weight excluding hydrogens is 234 g/mol. The lowest BCUT2D eigenvalue weighted by Gasteiger charge is -2.02. The first-order chi connectivity index (χ1) is 6.18. The fourth-order valence-corrected chi connectivity index (χ4v) is 1.61. The molecule has 3 nitrogen and oxygen atoms in total. The number of pyridine rings is 2. The Kier molecular flexibility index (Phi) is 1.84. The third-order valence-electron chi connectivity index (χ3n) is 1.79. The normalized spacial score (nSPS) is 10.5.